The number of hydrogen-bond donors (Lipinski definition) is 1. The summed E-state index contributed by atoms with van der Waals surface area (Å²) >= 11 is 1.64. The van der Waals surface area contributed by atoms with Crippen LogP contribution in [0.15, 0.2) is 52.9 Å². The molecule has 0 bridgehead atoms. The van der Waals surface area contributed by atoms with Crippen molar-refractivity contribution in [3.05, 3.63) is 59.7 Å². The summed E-state index contributed by atoms with van der Waals surface area (Å²) in [6.07, 6.45) is 2.01. The number of thiophene rings is 1. The number of nitrogens with one attached hydrogen (secondary N) is 1. The van der Waals surface area contributed by atoms with Crippen LogP contribution in [-0.2, 0) is 12.8 Å². The summed E-state index contributed by atoms with van der Waals surface area (Å²) in [6, 6.07) is 16.7. The van der Waals surface area contributed by atoms with Gasteiger partial charge in [0.2, 0.25) is 5.89 Å². The van der Waals surface area contributed by atoms with E-state index in [0.717, 1.165) is 50.6 Å². The van der Waals surface area contributed by atoms with Crippen LogP contribution in [0.5, 0.6) is 0 Å². The highest BCUT2D eigenvalue weighted by atomic mass is 32.1. The fraction of sp³-hybridized carbons (Fsp3) is 0.182. The normalized spacial score (nSPS) is 11.6. The van der Waals surface area contributed by atoms with Crippen molar-refractivity contribution in [2.75, 3.05) is 0 Å². The van der Waals surface area contributed by atoms with E-state index in [9.17, 15) is 0 Å². The first-order chi connectivity index (χ1) is 13.2. The average Bonchev–Trinajstić information content (AvgIpc) is 3.43. The number of rotatable bonds is 4. The molecule has 0 spiro atoms. The van der Waals surface area contributed by atoms with Crippen molar-refractivity contribution < 1.29 is 4.42 Å². The van der Waals surface area contributed by atoms with E-state index >= 15 is 0 Å². The van der Waals surface area contributed by atoms with Crippen LogP contribution in [0.4, 0.5) is 0 Å². The Morgan fingerprint density at radius 3 is 2.48 bits per heavy atom. The molecule has 3 heterocycles. The van der Waals surface area contributed by atoms with Crippen molar-refractivity contribution in [2.45, 2.75) is 26.7 Å². The number of fused-ring (bicyclic) bond motifs is 2. The number of aromatic amines is 1. The maximum atomic E-state index is 5.96. The van der Waals surface area contributed by atoms with E-state index in [-0.39, 0.29) is 0 Å². The van der Waals surface area contributed by atoms with Crippen LogP contribution in [0.1, 0.15) is 25.0 Å². The molecular weight excluding hydrogens is 354 g/mol. The first-order valence-corrected chi connectivity index (χ1v) is 10.0. The predicted octanol–water partition coefficient (Wildman–Crippen LogP) is 6.22. The molecule has 0 fully saturated rings. The number of aromatic nitrogens is 3. The fourth-order valence-electron chi connectivity index (χ4n) is 3.27. The van der Waals surface area contributed by atoms with Gasteiger partial charge in [0.05, 0.1) is 20.8 Å². The molecule has 5 aromatic rings. The van der Waals surface area contributed by atoms with Crippen molar-refractivity contribution >= 4 is 33.5 Å². The Labute approximate surface area is 160 Å². The molecular formula is C22H19N3OS. The Kier molecular flexibility index (Phi) is 3.83. The van der Waals surface area contributed by atoms with Gasteiger partial charge in [-0.3, -0.25) is 0 Å². The molecule has 0 saturated carbocycles. The Morgan fingerprint density at radius 2 is 1.63 bits per heavy atom. The molecule has 1 N–H and O–H groups in total. The lowest BCUT2D eigenvalue weighted by molar-refractivity contribution is 0.621. The number of nitrogens with zero attached hydrogens (tertiary/aromatic N) is 2. The molecule has 5 heteroatoms. The van der Waals surface area contributed by atoms with Gasteiger partial charge in [0.15, 0.2) is 5.58 Å². The number of oxazole rings is 1. The molecule has 0 radical (unpaired) electrons. The Hall–Kier alpha value is -2.92. The molecule has 0 aliphatic rings. The van der Waals surface area contributed by atoms with Crippen LogP contribution in [-0.4, -0.2) is 15.0 Å². The summed E-state index contributed by atoms with van der Waals surface area (Å²) in [4.78, 5) is 14.9. The van der Waals surface area contributed by atoms with Crippen LogP contribution >= 0.6 is 11.3 Å². The molecule has 0 saturated heterocycles. The van der Waals surface area contributed by atoms with Crippen LogP contribution < -0.4 is 0 Å². The van der Waals surface area contributed by atoms with Crippen molar-refractivity contribution in [3.63, 3.8) is 0 Å². The average molecular weight is 373 g/mol. The van der Waals surface area contributed by atoms with Crippen molar-refractivity contribution in [1.29, 1.82) is 0 Å². The molecule has 0 amide bonds. The van der Waals surface area contributed by atoms with Gasteiger partial charge in [-0.1, -0.05) is 26.0 Å². The highest BCUT2D eigenvalue weighted by Gasteiger charge is 2.14. The minimum absolute atomic E-state index is 0.666. The highest BCUT2D eigenvalue weighted by Crippen LogP contribution is 2.35. The molecule has 3 aromatic heterocycles. The fourth-order valence-corrected chi connectivity index (χ4v) is 4.15. The van der Waals surface area contributed by atoms with Gasteiger partial charge >= 0.3 is 0 Å². The Balaban J connectivity index is 1.52. The summed E-state index contributed by atoms with van der Waals surface area (Å²) in [6.45, 7) is 4.30. The van der Waals surface area contributed by atoms with E-state index in [4.69, 9.17) is 9.40 Å². The summed E-state index contributed by atoms with van der Waals surface area (Å²) in [5.74, 6) is 1.55. The number of benzene rings is 2. The molecule has 27 heavy (non-hydrogen) atoms. The molecule has 134 valence electrons. The van der Waals surface area contributed by atoms with Crippen molar-refractivity contribution in [3.8, 4) is 21.5 Å². The second kappa shape index (κ2) is 6.35. The van der Waals surface area contributed by atoms with Crippen molar-refractivity contribution in [2.24, 2.45) is 0 Å². The third kappa shape index (κ3) is 2.84. The van der Waals surface area contributed by atoms with Gasteiger partial charge in [0.1, 0.15) is 11.3 Å². The zero-order valence-corrected chi connectivity index (χ0v) is 16.1. The smallest absolute Gasteiger partial charge is 0.237 e. The van der Waals surface area contributed by atoms with Gasteiger partial charge in [0, 0.05) is 0 Å². The van der Waals surface area contributed by atoms with E-state index in [1.54, 1.807) is 11.3 Å². The monoisotopic (exact) mass is 373 g/mol. The minimum atomic E-state index is 0.666. The van der Waals surface area contributed by atoms with Gasteiger partial charge in [0.25, 0.3) is 0 Å². The van der Waals surface area contributed by atoms with Gasteiger partial charge in [-0.2, -0.15) is 0 Å². The molecule has 5 rings (SSSR count). The quantitative estimate of drug-likeness (QED) is 0.406. The van der Waals surface area contributed by atoms with Gasteiger partial charge in [-0.25, -0.2) is 9.97 Å². The first-order valence-electron chi connectivity index (χ1n) is 9.22. The highest BCUT2D eigenvalue weighted by molar-refractivity contribution is 7.18. The Bertz CT molecular complexity index is 1160. The van der Waals surface area contributed by atoms with Crippen LogP contribution in [0.25, 0.3) is 43.6 Å². The number of H-pyrrole nitrogens is 1. The van der Waals surface area contributed by atoms with Gasteiger partial charge < -0.3 is 9.40 Å². The maximum Gasteiger partial charge on any atom is 0.237 e. The zero-order valence-electron chi connectivity index (χ0n) is 15.2. The van der Waals surface area contributed by atoms with Crippen molar-refractivity contribution in [1.82, 2.24) is 15.0 Å². The van der Waals surface area contributed by atoms with E-state index in [2.05, 4.69) is 66.3 Å². The number of aryl methyl sites for hydroxylation is 2. The standard InChI is InChI=1S/C22H19N3OS/c1-3-13-5-7-15-16(11-13)24-21(23-15)19-9-10-20(27-19)22-25-17-12-14(4-2)6-8-18(17)26-22/h5-12H,3-4H2,1-2H3,(H,23,24). The SMILES string of the molecule is CCc1ccc2oc(-c3ccc(-c4nc5ccc(CC)cc5[nH]4)s3)nc2c1. The molecule has 0 unspecified atom stereocenters. The molecule has 2 aromatic carbocycles. The second-order valence-corrected chi connectivity index (χ2v) is 7.71. The van der Waals surface area contributed by atoms with Gasteiger partial charge in [-0.15, -0.1) is 11.3 Å². The maximum absolute atomic E-state index is 5.96. The largest absolute Gasteiger partial charge is 0.435 e. The summed E-state index contributed by atoms with van der Waals surface area (Å²) in [5.41, 5.74) is 6.38. The lowest BCUT2D eigenvalue weighted by Gasteiger charge is -1.93. The summed E-state index contributed by atoms with van der Waals surface area (Å²) in [7, 11) is 0. The third-order valence-corrected chi connectivity index (χ3v) is 5.94. The van der Waals surface area contributed by atoms with Crippen LogP contribution in [0.2, 0.25) is 0 Å². The van der Waals surface area contributed by atoms with E-state index in [1.165, 1.54) is 11.1 Å². The second-order valence-electron chi connectivity index (χ2n) is 6.63. The van der Waals surface area contributed by atoms with Crippen LogP contribution in [0.3, 0.4) is 0 Å². The molecule has 0 atom stereocenters. The predicted molar refractivity (Wildman–Crippen MR) is 111 cm³/mol. The summed E-state index contributed by atoms with van der Waals surface area (Å²) < 4.78 is 5.96. The van der Waals surface area contributed by atoms with E-state index in [0.29, 0.717) is 5.89 Å². The molecule has 4 nitrogen and oxygen atoms in total. The van der Waals surface area contributed by atoms with Gasteiger partial charge in [-0.05, 0) is 60.4 Å². The lowest BCUT2D eigenvalue weighted by atomic mass is 10.1. The first kappa shape index (κ1) is 16.3. The molecule has 0 aliphatic carbocycles. The Morgan fingerprint density at radius 1 is 0.852 bits per heavy atom. The van der Waals surface area contributed by atoms with Crippen LogP contribution in [0, 0.1) is 0 Å². The minimum Gasteiger partial charge on any atom is -0.435 e. The number of imidazole rings is 1. The topological polar surface area (TPSA) is 54.7 Å². The summed E-state index contributed by atoms with van der Waals surface area (Å²) in [5, 5.41) is 0. The lowest BCUT2D eigenvalue weighted by Crippen LogP contribution is -1.78. The number of hydrogen-bond acceptors (Lipinski definition) is 4. The van der Waals surface area contributed by atoms with E-state index in [1.807, 2.05) is 6.07 Å². The zero-order chi connectivity index (χ0) is 18.4. The van der Waals surface area contributed by atoms with E-state index < -0.39 is 0 Å². The third-order valence-electron chi connectivity index (χ3n) is 4.86. The molecule has 0 aliphatic heterocycles.